The Labute approximate surface area is 102 Å². The van der Waals surface area contributed by atoms with Gasteiger partial charge in [-0.25, -0.2) is 0 Å². The molecular weight excluding hydrogens is 286 g/mol. The molecule has 1 unspecified atom stereocenters. The summed E-state index contributed by atoms with van der Waals surface area (Å²) in [5.41, 5.74) is 1.26. The van der Waals surface area contributed by atoms with Gasteiger partial charge in [0.25, 0.3) is 0 Å². The number of hydrogen-bond donors (Lipinski definition) is 1. The van der Waals surface area contributed by atoms with Gasteiger partial charge in [-0.15, -0.1) is 22.9 Å². The third-order valence-corrected chi connectivity index (χ3v) is 3.68. The predicted molar refractivity (Wildman–Crippen MR) is 65.1 cm³/mol. The number of hydrogen-bond acceptors (Lipinski definition) is 3. The maximum atomic E-state index is 9.33. The van der Waals surface area contributed by atoms with Crippen LogP contribution in [0.5, 0.6) is 0 Å². The highest BCUT2D eigenvalue weighted by Gasteiger charge is 2.07. The van der Waals surface area contributed by atoms with Crippen LogP contribution >= 0.6 is 38.9 Å². The van der Waals surface area contributed by atoms with E-state index in [4.69, 9.17) is 11.6 Å². The molecule has 80 valence electrons. The molecule has 1 aromatic rings. The smallest absolute Gasteiger partial charge is 0.0802 e. The third kappa shape index (κ3) is 4.28. The van der Waals surface area contributed by atoms with Gasteiger partial charge in [0.1, 0.15) is 0 Å². The molecule has 0 aliphatic carbocycles. The molecule has 0 aromatic carbocycles. The van der Waals surface area contributed by atoms with Crippen molar-refractivity contribution in [3.05, 3.63) is 20.8 Å². The van der Waals surface area contributed by atoms with Gasteiger partial charge in [0.05, 0.1) is 9.89 Å². The van der Waals surface area contributed by atoms with Crippen LogP contribution in [0.1, 0.15) is 5.56 Å². The molecule has 14 heavy (non-hydrogen) atoms. The van der Waals surface area contributed by atoms with Crippen molar-refractivity contribution in [2.75, 3.05) is 19.5 Å². The Morgan fingerprint density at radius 1 is 1.71 bits per heavy atom. The van der Waals surface area contributed by atoms with Gasteiger partial charge in [-0.05, 0) is 40.0 Å². The highest BCUT2D eigenvalue weighted by molar-refractivity contribution is 9.11. The summed E-state index contributed by atoms with van der Waals surface area (Å²) in [5, 5.41) is 11.4. The van der Waals surface area contributed by atoms with Crippen LogP contribution in [0.2, 0.25) is 0 Å². The number of thiophene rings is 1. The van der Waals surface area contributed by atoms with Crippen molar-refractivity contribution in [3.63, 3.8) is 0 Å². The average molecular weight is 299 g/mol. The molecule has 0 aliphatic rings. The zero-order valence-corrected chi connectivity index (χ0v) is 11.1. The number of aliphatic hydroxyl groups is 1. The van der Waals surface area contributed by atoms with E-state index < -0.39 is 6.10 Å². The number of likely N-dealkylation sites (N-methyl/N-ethyl adjacent to an activating group) is 1. The normalized spacial score (nSPS) is 13.5. The highest BCUT2D eigenvalue weighted by Crippen LogP contribution is 2.21. The van der Waals surface area contributed by atoms with Crippen molar-refractivity contribution in [2.45, 2.75) is 12.6 Å². The second kappa shape index (κ2) is 6.08. The summed E-state index contributed by atoms with van der Waals surface area (Å²) in [7, 11) is 1.97. The van der Waals surface area contributed by atoms with E-state index in [2.05, 4.69) is 32.3 Å². The van der Waals surface area contributed by atoms with Crippen molar-refractivity contribution in [1.29, 1.82) is 0 Å². The lowest BCUT2D eigenvalue weighted by atomic mass is 10.3. The summed E-state index contributed by atoms with van der Waals surface area (Å²) in [4.78, 5) is 2.06. The number of rotatable bonds is 5. The lowest BCUT2D eigenvalue weighted by molar-refractivity contribution is 0.141. The molecule has 5 heteroatoms. The lowest BCUT2D eigenvalue weighted by Crippen LogP contribution is -2.29. The van der Waals surface area contributed by atoms with Crippen LogP contribution in [-0.4, -0.2) is 35.6 Å². The van der Waals surface area contributed by atoms with E-state index in [1.54, 1.807) is 11.3 Å². The van der Waals surface area contributed by atoms with Gasteiger partial charge in [0.2, 0.25) is 0 Å². The molecule has 0 radical (unpaired) electrons. The number of aliphatic hydroxyl groups excluding tert-OH is 1. The largest absolute Gasteiger partial charge is 0.391 e. The summed E-state index contributed by atoms with van der Waals surface area (Å²) in [6, 6.07) is 2.09. The third-order valence-electron chi connectivity index (χ3n) is 1.77. The van der Waals surface area contributed by atoms with Crippen molar-refractivity contribution < 1.29 is 5.11 Å². The zero-order chi connectivity index (χ0) is 10.6. The molecule has 1 N–H and O–H groups in total. The Bertz CT molecular complexity index is 282. The van der Waals surface area contributed by atoms with Crippen LogP contribution in [0.25, 0.3) is 0 Å². The maximum Gasteiger partial charge on any atom is 0.0802 e. The first-order valence-electron chi connectivity index (χ1n) is 4.27. The Kier molecular flexibility index (Phi) is 5.41. The Hall–Kier alpha value is 0.390. The van der Waals surface area contributed by atoms with E-state index in [-0.39, 0.29) is 5.88 Å². The van der Waals surface area contributed by atoms with E-state index in [0.717, 1.165) is 10.3 Å². The van der Waals surface area contributed by atoms with Gasteiger partial charge in [0.15, 0.2) is 0 Å². The molecule has 0 saturated carbocycles. The van der Waals surface area contributed by atoms with Crippen LogP contribution in [0.4, 0.5) is 0 Å². The Morgan fingerprint density at radius 3 is 2.93 bits per heavy atom. The lowest BCUT2D eigenvalue weighted by Gasteiger charge is -2.18. The van der Waals surface area contributed by atoms with Crippen LogP contribution in [0.3, 0.4) is 0 Å². The zero-order valence-electron chi connectivity index (χ0n) is 7.91. The van der Waals surface area contributed by atoms with E-state index in [0.29, 0.717) is 6.54 Å². The fraction of sp³-hybridized carbons (Fsp3) is 0.556. The average Bonchev–Trinajstić information content (AvgIpc) is 2.50. The first-order chi connectivity index (χ1) is 6.61. The predicted octanol–water partition coefficient (Wildman–Crippen LogP) is 2.54. The fourth-order valence-corrected chi connectivity index (χ4v) is 2.51. The standard InChI is InChI=1S/C9H13BrClNOS/c1-12(5-8(13)3-11)4-7-2-9(10)14-6-7/h2,6,8,13H,3-5H2,1H3. The van der Waals surface area contributed by atoms with Crippen molar-refractivity contribution >= 4 is 38.9 Å². The molecule has 1 atom stereocenters. The molecule has 1 rings (SSSR count). The minimum absolute atomic E-state index is 0.289. The minimum Gasteiger partial charge on any atom is -0.391 e. The van der Waals surface area contributed by atoms with Crippen molar-refractivity contribution in [3.8, 4) is 0 Å². The van der Waals surface area contributed by atoms with E-state index in [1.165, 1.54) is 5.56 Å². The van der Waals surface area contributed by atoms with Crippen LogP contribution in [0.15, 0.2) is 15.2 Å². The van der Waals surface area contributed by atoms with Gasteiger partial charge < -0.3 is 5.11 Å². The SMILES string of the molecule is CN(Cc1csc(Br)c1)CC(O)CCl. The molecule has 0 amide bonds. The van der Waals surface area contributed by atoms with Crippen LogP contribution < -0.4 is 0 Å². The minimum atomic E-state index is -0.441. The molecule has 1 aromatic heterocycles. The summed E-state index contributed by atoms with van der Waals surface area (Å²) in [6.45, 7) is 1.45. The van der Waals surface area contributed by atoms with Crippen molar-refractivity contribution in [1.82, 2.24) is 4.90 Å². The first-order valence-corrected chi connectivity index (χ1v) is 6.48. The molecule has 0 aliphatic heterocycles. The second-order valence-electron chi connectivity index (χ2n) is 3.26. The van der Waals surface area contributed by atoms with Crippen LogP contribution in [-0.2, 0) is 6.54 Å². The van der Waals surface area contributed by atoms with Gasteiger partial charge in [0, 0.05) is 19.0 Å². The maximum absolute atomic E-state index is 9.33. The highest BCUT2D eigenvalue weighted by atomic mass is 79.9. The number of nitrogens with zero attached hydrogens (tertiary/aromatic N) is 1. The Morgan fingerprint density at radius 2 is 2.43 bits per heavy atom. The summed E-state index contributed by atoms with van der Waals surface area (Å²) >= 11 is 10.6. The van der Waals surface area contributed by atoms with Gasteiger partial charge in [-0.2, -0.15) is 0 Å². The summed E-state index contributed by atoms with van der Waals surface area (Å²) in [5.74, 6) is 0.289. The number of halogens is 2. The van der Waals surface area contributed by atoms with Crippen molar-refractivity contribution in [2.24, 2.45) is 0 Å². The molecule has 0 bridgehead atoms. The summed E-state index contributed by atoms with van der Waals surface area (Å²) in [6.07, 6.45) is -0.441. The van der Waals surface area contributed by atoms with Gasteiger partial charge >= 0.3 is 0 Å². The molecule has 1 heterocycles. The van der Waals surface area contributed by atoms with Crippen LogP contribution in [0, 0.1) is 0 Å². The van der Waals surface area contributed by atoms with E-state index in [9.17, 15) is 5.11 Å². The second-order valence-corrected chi connectivity index (χ2v) is 5.86. The topological polar surface area (TPSA) is 23.5 Å². The van der Waals surface area contributed by atoms with Gasteiger partial charge in [-0.1, -0.05) is 0 Å². The first kappa shape index (κ1) is 12.5. The molecular formula is C9H13BrClNOS. The van der Waals surface area contributed by atoms with Gasteiger partial charge in [-0.3, -0.25) is 4.90 Å². The fourth-order valence-electron chi connectivity index (χ4n) is 1.21. The molecule has 0 fully saturated rings. The summed E-state index contributed by atoms with van der Waals surface area (Å²) < 4.78 is 1.14. The monoisotopic (exact) mass is 297 g/mol. The molecule has 0 spiro atoms. The number of alkyl halides is 1. The quantitative estimate of drug-likeness (QED) is 0.845. The molecule has 2 nitrogen and oxygen atoms in total. The van der Waals surface area contributed by atoms with E-state index in [1.807, 2.05) is 7.05 Å². The Balaban J connectivity index is 2.37. The molecule has 0 saturated heterocycles. The van der Waals surface area contributed by atoms with E-state index >= 15 is 0 Å².